The van der Waals surface area contributed by atoms with Gasteiger partial charge in [-0.3, -0.25) is 4.79 Å². The Morgan fingerprint density at radius 2 is 1.95 bits per heavy atom. The zero-order valence-corrected chi connectivity index (χ0v) is 13.9. The summed E-state index contributed by atoms with van der Waals surface area (Å²) in [5.74, 6) is -0.124. The summed E-state index contributed by atoms with van der Waals surface area (Å²) in [6, 6.07) is 5.99. The molecule has 1 aromatic rings. The van der Waals surface area contributed by atoms with Crippen molar-refractivity contribution in [1.29, 1.82) is 0 Å². The molecule has 0 atom stereocenters. The van der Waals surface area contributed by atoms with E-state index in [-0.39, 0.29) is 36.3 Å². The highest BCUT2D eigenvalue weighted by Gasteiger charge is 2.13. The van der Waals surface area contributed by atoms with E-state index < -0.39 is 10.0 Å². The number of sulfonamides is 1. The smallest absolute Gasteiger partial charge is 0.240 e. The van der Waals surface area contributed by atoms with Crippen molar-refractivity contribution in [2.24, 2.45) is 0 Å². The van der Waals surface area contributed by atoms with Gasteiger partial charge in [0.2, 0.25) is 15.9 Å². The molecule has 0 unspecified atom stereocenters. The number of halogens is 2. The zero-order valence-electron chi connectivity index (χ0n) is 11.6. The normalized spacial score (nSPS) is 10.8. The van der Waals surface area contributed by atoms with Gasteiger partial charge in [0.1, 0.15) is 0 Å². The monoisotopic (exact) mass is 355 g/mol. The molecule has 0 spiro atoms. The van der Waals surface area contributed by atoms with Gasteiger partial charge in [0.25, 0.3) is 0 Å². The number of hydrogen-bond donors (Lipinski definition) is 3. The van der Waals surface area contributed by atoms with E-state index in [4.69, 9.17) is 11.6 Å². The second kappa shape index (κ2) is 9.97. The van der Waals surface area contributed by atoms with E-state index in [1.54, 1.807) is 19.2 Å². The first-order valence-corrected chi connectivity index (χ1v) is 7.98. The first-order chi connectivity index (χ1) is 9.45. The van der Waals surface area contributed by atoms with E-state index in [0.29, 0.717) is 18.0 Å². The van der Waals surface area contributed by atoms with Crippen molar-refractivity contribution in [3.8, 4) is 0 Å². The third kappa shape index (κ3) is 7.63. The van der Waals surface area contributed by atoms with Crippen LogP contribution in [0.25, 0.3) is 0 Å². The Hall–Kier alpha value is -0.860. The highest BCUT2D eigenvalue weighted by atomic mass is 35.5. The summed E-state index contributed by atoms with van der Waals surface area (Å²) in [6.45, 7) is 0.947. The fourth-order valence-corrected chi connectivity index (χ4v) is 2.76. The van der Waals surface area contributed by atoms with Crippen molar-refractivity contribution in [2.45, 2.75) is 11.3 Å². The maximum atomic E-state index is 11.9. The predicted molar refractivity (Wildman–Crippen MR) is 85.4 cm³/mol. The third-order valence-electron chi connectivity index (χ3n) is 2.45. The lowest BCUT2D eigenvalue weighted by atomic mass is 10.4. The summed E-state index contributed by atoms with van der Waals surface area (Å²) in [6.07, 6.45) is 0.359. The molecule has 0 aromatic heterocycles. The van der Waals surface area contributed by atoms with Gasteiger partial charge in [0.05, 0.1) is 4.90 Å². The average molecular weight is 356 g/mol. The van der Waals surface area contributed by atoms with E-state index in [0.717, 1.165) is 0 Å². The fourth-order valence-electron chi connectivity index (χ4n) is 1.43. The Bertz CT molecular complexity index is 552. The lowest BCUT2D eigenvalue weighted by molar-refractivity contribution is -0.120. The van der Waals surface area contributed by atoms with Gasteiger partial charge in [0, 0.05) is 31.1 Å². The second-order valence-corrected chi connectivity index (χ2v) is 6.26. The topological polar surface area (TPSA) is 87.3 Å². The molecule has 0 aliphatic rings. The molecular weight excluding hydrogens is 337 g/mol. The molecular formula is C12H19Cl2N3O3S. The molecule has 0 aliphatic heterocycles. The lowest BCUT2D eigenvalue weighted by Gasteiger charge is -2.08. The molecule has 21 heavy (non-hydrogen) atoms. The second-order valence-electron chi connectivity index (χ2n) is 4.06. The SMILES string of the molecule is CNCCC(=O)NCCNS(=O)(=O)c1cccc(Cl)c1.Cl. The maximum absolute atomic E-state index is 11.9. The Morgan fingerprint density at radius 1 is 1.24 bits per heavy atom. The van der Waals surface area contributed by atoms with Gasteiger partial charge >= 0.3 is 0 Å². The van der Waals surface area contributed by atoms with E-state index in [1.807, 2.05) is 0 Å². The Balaban J connectivity index is 0.00000400. The largest absolute Gasteiger partial charge is 0.355 e. The summed E-state index contributed by atoms with van der Waals surface area (Å²) < 4.78 is 26.2. The summed E-state index contributed by atoms with van der Waals surface area (Å²) in [7, 11) is -1.84. The highest BCUT2D eigenvalue weighted by molar-refractivity contribution is 7.89. The summed E-state index contributed by atoms with van der Waals surface area (Å²) in [5, 5.41) is 5.83. The van der Waals surface area contributed by atoms with Crippen LogP contribution in [-0.2, 0) is 14.8 Å². The van der Waals surface area contributed by atoms with Crippen LogP contribution in [0.5, 0.6) is 0 Å². The molecule has 0 aliphatic carbocycles. The van der Waals surface area contributed by atoms with Crippen LogP contribution < -0.4 is 15.4 Å². The Labute approximate surface area is 136 Å². The standard InChI is InChI=1S/C12H18ClN3O3S.ClH/c1-14-6-5-12(17)15-7-8-16-20(18,19)11-4-2-3-10(13)9-11;/h2-4,9,14,16H,5-8H2,1H3,(H,15,17);1H. The number of carbonyl (C=O) groups is 1. The van der Waals surface area contributed by atoms with E-state index in [1.165, 1.54) is 12.1 Å². The molecule has 0 fully saturated rings. The van der Waals surface area contributed by atoms with Crippen LogP contribution in [0.4, 0.5) is 0 Å². The molecule has 0 bridgehead atoms. The van der Waals surface area contributed by atoms with Crippen LogP contribution in [0.1, 0.15) is 6.42 Å². The van der Waals surface area contributed by atoms with Crippen LogP contribution in [0.2, 0.25) is 5.02 Å². The molecule has 9 heteroatoms. The highest BCUT2D eigenvalue weighted by Crippen LogP contribution is 2.14. The molecule has 1 rings (SSSR count). The average Bonchev–Trinajstić information content (AvgIpc) is 2.41. The predicted octanol–water partition coefficient (Wildman–Crippen LogP) is 0.766. The van der Waals surface area contributed by atoms with Gasteiger partial charge in [-0.25, -0.2) is 13.1 Å². The number of nitrogens with one attached hydrogen (secondary N) is 3. The van der Waals surface area contributed by atoms with Gasteiger partial charge in [0.15, 0.2) is 0 Å². The first kappa shape index (κ1) is 20.1. The van der Waals surface area contributed by atoms with Crippen molar-refractivity contribution in [1.82, 2.24) is 15.4 Å². The number of carbonyl (C=O) groups excluding carboxylic acids is 1. The van der Waals surface area contributed by atoms with Crippen LogP contribution in [0, 0.1) is 0 Å². The lowest BCUT2D eigenvalue weighted by Crippen LogP contribution is -2.35. The Morgan fingerprint density at radius 3 is 2.57 bits per heavy atom. The van der Waals surface area contributed by atoms with E-state index in [2.05, 4.69) is 15.4 Å². The maximum Gasteiger partial charge on any atom is 0.240 e. The van der Waals surface area contributed by atoms with Gasteiger partial charge in [-0.05, 0) is 25.2 Å². The van der Waals surface area contributed by atoms with Crippen LogP contribution in [0.3, 0.4) is 0 Å². The van der Waals surface area contributed by atoms with Crippen molar-refractivity contribution in [2.75, 3.05) is 26.7 Å². The number of benzene rings is 1. The van der Waals surface area contributed by atoms with E-state index in [9.17, 15) is 13.2 Å². The molecule has 0 saturated heterocycles. The summed E-state index contributed by atoms with van der Waals surface area (Å²) >= 11 is 5.75. The number of rotatable bonds is 8. The molecule has 3 N–H and O–H groups in total. The molecule has 120 valence electrons. The minimum Gasteiger partial charge on any atom is -0.355 e. The van der Waals surface area contributed by atoms with Crippen molar-refractivity contribution in [3.63, 3.8) is 0 Å². The Kier molecular flexibility index (Phi) is 9.56. The quantitative estimate of drug-likeness (QED) is 0.601. The van der Waals surface area contributed by atoms with Gasteiger partial charge in [-0.2, -0.15) is 0 Å². The summed E-state index contributed by atoms with van der Waals surface area (Å²) in [5.41, 5.74) is 0. The van der Waals surface area contributed by atoms with Gasteiger partial charge in [-0.15, -0.1) is 12.4 Å². The molecule has 6 nitrogen and oxygen atoms in total. The molecule has 0 heterocycles. The first-order valence-electron chi connectivity index (χ1n) is 6.12. The minimum absolute atomic E-state index is 0. The summed E-state index contributed by atoms with van der Waals surface area (Å²) in [4.78, 5) is 11.4. The van der Waals surface area contributed by atoms with Crippen LogP contribution >= 0.6 is 24.0 Å². The molecule has 1 amide bonds. The van der Waals surface area contributed by atoms with Crippen molar-refractivity contribution in [3.05, 3.63) is 29.3 Å². The minimum atomic E-state index is -3.60. The van der Waals surface area contributed by atoms with Crippen molar-refractivity contribution >= 4 is 39.9 Å². The van der Waals surface area contributed by atoms with Gasteiger partial charge in [-0.1, -0.05) is 17.7 Å². The van der Waals surface area contributed by atoms with Crippen LogP contribution in [0.15, 0.2) is 29.2 Å². The fraction of sp³-hybridized carbons (Fsp3) is 0.417. The zero-order chi connectivity index (χ0) is 15.0. The molecule has 0 radical (unpaired) electrons. The third-order valence-corrected chi connectivity index (χ3v) is 4.14. The van der Waals surface area contributed by atoms with Crippen molar-refractivity contribution < 1.29 is 13.2 Å². The molecule has 1 aromatic carbocycles. The van der Waals surface area contributed by atoms with Crippen LogP contribution in [-0.4, -0.2) is 41.0 Å². The number of hydrogen-bond acceptors (Lipinski definition) is 4. The van der Waals surface area contributed by atoms with Gasteiger partial charge < -0.3 is 10.6 Å². The molecule has 0 saturated carbocycles. The van der Waals surface area contributed by atoms with E-state index >= 15 is 0 Å². The number of amides is 1.